The molecule has 0 bridgehead atoms. The second-order valence-electron chi connectivity index (χ2n) is 4.16. The van der Waals surface area contributed by atoms with E-state index in [1.54, 1.807) is 6.92 Å². The molecule has 0 fully saturated rings. The number of carbonyl (C=O) groups is 1. The van der Waals surface area contributed by atoms with Gasteiger partial charge in [-0.05, 0) is 5.56 Å². The fraction of sp³-hybridized carbons (Fsp3) is 0.250. The van der Waals surface area contributed by atoms with Gasteiger partial charge in [-0.1, -0.05) is 18.9 Å². The zero-order chi connectivity index (χ0) is 15.8. The van der Waals surface area contributed by atoms with E-state index >= 15 is 0 Å². The first-order chi connectivity index (χ1) is 9.68. The zero-order valence-electron chi connectivity index (χ0n) is 11.4. The third-order valence-electron chi connectivity index (χ3n) is 2.46. The number of rotatable bonds is 2. The predicted molar refractivity (Wildman–Crippen MR) is 62.0 cm³/mol. The number of nitrogens with zero attached hydrogens (tertiary/aromatic N) is 2. The van der Waals surface area contributed by atoms with Gasteiger partial charge in [-0.2, -0.15) is 24.8 Å². The van der Waals surface area contributed by atoms with Crippen LogP contribution in [0.15, 0.2) is 10.5 Å². The average Bonchev–Trinajstić information content (AvgIpc) is 2.75. The van der Waals surface area contributed by atoms with Gasteiger partial charge in [-0.15, -0.1) is 16.7 Å². The summed E-state index contributed by atoms with van der Waals surface area (Å²) in [6.07, 6.45) is -4.82. The number of carbonyl (C=O) groups excluding carboxylic acids is 1. The van der Waals surface area contributed by atoms with Crippen LogP contribution in [-0.4, -0.2) is 16.1 Å². The summed E-state index contributed by atoms with van der Waals surface area (Å²) in [4.78, 5) is 11.8. The molecular weight excluding hydrogens is 383 g/mol. The van der Waals surface area contributed by atoms with Crippen molar-refractivity contribution in [2.24, 2.45) is 0 Å². The molecule has 115 valence electrons. The monoisotopic (exact) mass is 391 g/mol. The zero-order valence-corrected chi connectivity index (χ0v) is 14.2. The quantitative estimate of drug-likeness (QED) is 0.632. The number of anilines is 1. The smallest absolute Gasteiger partial charge is 0.399 e. The van der Waals surface area contributed by atoms with Gasteiger partial charge in [0.05, 0.1) is 0 Å². The molecule has 0 unspecified atom stereocenters. The van der Waals surface area contributed by atoms with E-state index < -0.39 is 29.8 Å². The minimum atomic E-state index is -4.82. The molecule has 10 heteroatoms. The molecule has 0 spiro atoms. The van der Waals surface area contributed by atoms with Crippen LogP contribution in [0.1, 0.15) is 27.4 Å². The van der Waals surface area contributed by atoms with Gasteiger partial charge in [-0.25, -0.2) is 4.39 Å². The Hall–Kier alpha value is -1.35. The molecule has 1 amide bonds. The Bertz CT molecular complexity index is 677. The SMILES string of the molecule is Cc1[c-]c(C)c(C(=O)Nc2nnc(C(F)(F)F)o2)c(F)c1.[Y]. The van der Waals surface area contributed by atoms with Gasteiger partial charge in [0.1, 0.15) is 0 Å². The molecule has 1 heterocycles. The molecule has 0 atom stereocenters. The van der Waals surface area contributed by atoms with Crippen molar-refractivity contribution in [2.45, 2.75) is 20.0 Å². The maximum Gasteiger partial charge on any atom is 0.470 e. The Labute approximate surface area is 147 Å². The van der Waals surface area contributed by atoms with E-state index in [4.69, 9.17) is 0 Å². The van der Waals surface area contributed by atoms with Crippen LogP contribution >= 0.6 is 0 Å². The summed E-state index contributed by atoms with van der Waals surface area (Å²) in [6.45, 7) is 3.03. The van der Waals surface area contributed by atoms with Gasteiger partial charge in [-0.3, -0.25) is 10.1 Å². The molecular formula is C12H8F4N3O2Y-. The second-order valence-corrected chi connectivity index (χ2v) is 4.16. The molecule has 22 heavy (non-hydrogen) atoms. The first-order valence-corrected chi connectivity index (χ1v) is 5.59. The van der Waals surface area contributed by atoms with Crippen molar-refractivity contribution in [1.82, 2.24) is 10.2 Å². The largest absolute Gasteiger partial charge is 0.470 e. The normalized spacial score (nSPS) is 11.0. The molecule has 0 aliphatic rings. The van der Waals surface area contributed by atoms with Gasteiger partial charge in [0.25, 0.3) is 0 Å². The van der Waals surface area contributed by atoms with Crippen LogP contribution in [0.4, 0.5) is 23.6 Å². The Kier molecular flexibility index (Phi) is 5.80. The van der Waals surface area contributed by atoms with Crippen LogP contribution in [-0.2, 0) is 38.9 Å². The van der Waals surface area contributed by atoms with Crippen molar-refractivity contribution >= 4 is 11.9 Å². The maximum atomic E-state index is 13.7. The van der Waals surface area contributed by atoms with Gasteiger partial charge in [0, 0.05) is 38.5 Å². The molecule has 0 aliphatic carbocycles. The van der Waals surface area contributed by atoms with Crippen molar-refractivity contribution in [3.05, 3.63) is 40.5 Å². The third-order valence-corrected chi connectivity index (χ3v) is 2.46. The van der Waals surface area contributed by atoms with Gasteiger partial charge >= 0.3 is 18.1 Å². The van der Waals surface area contributed by atoms with Crippen LogP contribution in [0.25, 0.3) is 0 Å². The molecule has 0 aliphatic heterocycles. The van der Waals surface area contributed by atoms with E-state index in [1.807, 2.05) is 5.32 Å². The molecule has 1 N–H and O–H groups in total. The van der Waals surface area contributed by atoms with Gasteiger partial charge < -0.3 is 4.42 Å². The number of halogens is 4. The number of nitrogens with one attached hydrogen (secondary N) is 1. The number of aromatic nitrogens is 2. The van der Waals surface area contributed by atoms with Crippen molar-refractivity contribution in [3.63, 3.8) is 0 Å². The third kappa shape index (κ3) is 4.10. The summed E-state index contributed by atoms with van der Waals surface area (Å²) in [5.41, 5.74) is 0.339. The maximum absolute atomic E-state index is 13.7. The van der Waals surface area contributed by atoms with E-state index in [0.29, 0.717) is 5.56 Å². The van der Waals surface area contributed by atoms with Crippen LogP contribution < -0.4 is 5.32 Å². The summed E-state index contributed by atoms with van der Waals surface area (Å²) in [5.74, 6) is -3.43. The second kappa shape index (κ2) is 6.83. The van der Waals surface area contributed by atoms with Crippen LogP contribution in [0.5, 0.6) is 0 Å². The van der Waals surface area contributed by atoms with Crippen molar-refractivity contribution < 1.29 is 59.5 Å². The fourth-order valence-electron chi connectivity index (χ4n) is 1.66. The van der Waals surface area contributed by atoms with Crippen LogP contribution in [0.2, 0.25) is 0 Å². The first-order valence-electron chi connectivity index (χ1n) is 5.59. The summed E-state index contributed by atoms with van der Waals surface area (Å²) in [5, 5.41) is 7.67. The minimum absolute atomic E-state index is 0. The van der Waals surface area contributed by atoms with E-state index in [2.05, 4.69) is 20.7 Å². The van der Waals surface area contributed by atoms with Gasteiger partial charge in [0.2, 0.25) is 5.91 Å². The molecule has 5 nitrogen and oxygen atoms in total. The van der Waals surface area contributed by atoms with E-state index in [9.17, 15) is 22.4 Å². The Morgan fingerprint density at radius 2 is 1.95 bits per heavy atom. The van der Waals surface area contributed by atoms with Crippen LogP contribution in [0.3, 0.4) is 0 Å². The minimum Gasteiger partial charge on any atom is -0.399 e. The summed E-state index contributed by atoms with van der Waals surface area (Å²) in [6, 6.07) is 3.04. The Balaban J connectivity index is 0.00000242. The van der Waals surface area contributed by atoms with Gasteiger partial charge in [0.15, 0.2) is 0 Å². The van der Waals surface area contributed by atoms with E-state index in [1.165, 1.54) is 6.92 Å². The topological polar surface area (TPSA) is 68.0 Å². The predicted octanol–water partition coefficient (Wildman–Crippen LogP) is 2.89. The van der Waals surface area contributed by atoms with E-state index in [-0.39, 0.29) is 43.8 Å². The molecule has 1 aromatic carbocycles. The first kappa shape index (κ1) is 18.7. The van der Waals surface area contributed by atoms with Crippen LogP contribution in [0, 0.1) is 25.7 Å². The molecule has 1 radical (unpaired) electrons. The molecule has 2 aromatic rings. The molecule has 1 aromatic heterocycles. The number of alkyl halides is 3. The number of amides is 1. The summed E-state index contributed by atoms with van der Waals surface area (Å²) in [7, 11) is 0. The summed E-state index contributed by atoms with van der Waals surface area (Å²) >= 11 is 0. The van der Waals surface area contributed by atoms with Crippen molar-refractivity contribution in [3.8, 4) is 0 Å². The van der Waals surface area contributed by atoms with Crippen molar-refractivity contribution in [2.75, 3.05) is 5.32 Å². The standard InChI is InChI=1S/C12H8F4N3O2.Y/c1-5-3-6(2)8(7(13)4-5)9(20)17-11-19-18-10(21-11)12(14,15)16;/h4H,1-2H3,(H,17,19,20);/q-1;. The Morgan fingerprint density at radius 3 is 2.45 bits per heavy atom. The average molecular weight is 391 g/mol. The Morgan fingerprint density at radius 1 is 1.32 bits per heavy atom. The fourth-order valence-corrected chi connectivity index (χ4v) is 1.66. The number of hydrogen-bond donors (Lipinski definition) is 1. The molecule has 0 saturated heterocycles. The molecule has 0 saturated carbocycles. The van der Waals surface area contributed by atoms with Crippen molar-refractivity contribution in [1.29, 1.82) is 0 Å². The number of benzene rings is 1. The number of aryl methyl sites for hydroxylation is 2. The molecule has 2 rings (SSSR count). The summed E-state index contributed by atoms with van der Waals surface area (Å²) < 4.78 is 54.7. The van der Waals surface area contributed by atoms with E-state index in [0.717, 1.165) is 6.07 Å². The number of hydrogen-bond acceptors (Lipinski definition) is 4.